The summed E-state index contributed by atoms with van der Waals surface area (Å²) in [7, 11) is 0. The molecular weight excluding hydrogens is 172 g/mol. The summed E-state index contributed by atoms with van der Waals surface area (Å²) in [5, 5.41) is 0. The van der Waals surface area contributed by atoms with Crippen molar-refractivity contribution in [3.8, 4) is 0 Å². The van der Waals surface area contributed by atoms with Crippen LogP contribution in [-0.4, -0.2) is 5.78 Å². The maximum atomic E-state index is 11.9. The standard InChI is InChI=1S/C13H12O/c14-13(10-5-6-10)12-8-7-9-3-1-2-4-11(9)12/h1-4,7-8,10,12H,5-6H2. The molecule has 1 nitrogen and oxygen atoms in total. The molecule has 3 rings (SSSR count). The van der Waals surface area contributed by atoms with E-state index < -0.39 is 0 Å². The van der Waals surface area contributed by atoms with Gasteiger partial charge in [-0.05, 0) is 24.0 Å². The van der Waals surface area contributed by atoms with Gasteiger partial charge >= 0.3 is 0 Å². The molecule has 1 fully saturated rings. The summed E-state index contributed by atoms with van der Waals surface area (Å²) in [6, 6.07) is 8.18. The molecule has 0 amide bonds. The van der Waals surface area contributed by atoms with Crippen LogP contribution in [0.15, 0.2) is 30.3 Å². The number of ketones is 1. The molecule has 1 atom stereocenters. The highest BCUT2D eigenvalue weighted by Crippen LogP contribution is 2.39. The average molecular weight is 184 g/mol. The van der Waals surface area contributed by atoms with Crippen LogP contribution in [0.1, 0.15) is 29.9 Å². The highest BCUT2D eigenvalue weighted by atomic mass is 16.1. The molecule has 0 radical (unpaired) electrons. The summed E-state index contributed by atoms with van der Waals surface area (Å²) in [5.74, 6) is 0.834. The van der Waals surface area contributed by atoms with Crippen molar-refractivity contribution in [1.29, 1.82) is 0 Å². The molecule has 0 N–H and O–H groups in total. The van der Waals surface area contributed by atoms with Crippen LogP contribution in [0, 0.1) is 5.92 Å². The van der Waals surface area contributed by atoms with E-state index in [0.717, 1.165) is 12.8 Å². The van der Waals surface area contributed by atoms with E-state index in [1.165, 1.54) is 11.1 Å². The van der Waals surface area contributed by atoms with Gasteiger partial charge < -0.3 is 0 Å². The van der Waals surface area contributed by atoms with E-state index in [0.29, 0.717) is 11.7 Å². The van der Waals surface area contributed by atoms with Crippen molar-refractivity contribution in [3.63, 3.8) is 0 Å². The third kappa shape index (κ3) is 1.12. The first kappa shape index (κ1) is 7.98. The Labute approximate surface area is 83.4 Å². The second kappa shape index (κ2) is 2.81. The van der Waals surface area contributed by atoms with Crippen LogP contribution in [0.2, 0.25) is 0 Å². The Bertz CT molecular complexity index is 413. The van der Waals surface area contributed by atoms with Gasteiger partial charge in [0.15, 0.2) is 0 Å². The van der Waals surface area contributed by atoms with Gasteiger partial charge in [-0.2, -0.15) is 0 Å². The highest BCUT2D eigenvalue weighted by Gasteiger charge is 2.36. The molecule has 1 aromatic carbocycles. The van der Waals surface area contributed by atoms with Gasteiger partial charge in [0.05, 0.1) is 5.92 Å². The molecule has 2 aliphatic rings. The lowest BCUT2D eigenvalue weighted by Gasteiger charge is -2.08. The maximum absolute atomic E-state index is 11.9. The van der Waals surface area contributed by atoms with Crippen LogP contribution in [0.4, 0.5) is 0 Å². The van der Waals surface area contributed by atoms with E-state index in [2.05, 4.69) is 18.2 Å². The van der Waals surface area contributed by atoms with E-state index in [1.807, 2.05) is 18.2 Å². The average Bonchev–Trinajstić information content (AvgIpc) is 2.97. The van der Waals surface area contributed by atoms with Crippen LogP contribution in [0.3, 0.4) is 0 Å². The summed E-state index contributed by atoms with van der Waals surface area (Å²) in [4.78, 5) is 11.9. The Morgan fingerprint density at radius 1 is 1.21 bits per heavy atom. The molecule has 14 heavy (non-hydrogen) atoms. The van der Waals surface area contributed by atoms with Crippen LogP contribution in [0.5, 0.6) is 0 Å². The fraction of sp³-hybridized carbons (Fsp3) is 0.308. The maximum Gasteiger partial charge on any atom is 0.147 e. The molecule has 1 heteroatoms. The first-order valence-electron chi connectivity index (χ1n) is 5.17. The lowest BCUT2D eigenvalue weighted by Crippen LogP contribution is -2.10. The first-order valence-corrected chi connectivity index (χ1v) is 5.17. The Hall–Kier alpha value is -1.37. The molecule has 0 aliphatic heterocycles. The predicted octanol–water partition coefficient (Wildman–Crippen LogP) is 2.78. The van der Waals surface area contributed by atoms with Crippen LogP contribution < -0.4 is 0 Å². The smallest absolute Gasteiger partial charge is 0.147 e. The number of carbonyl (C=O) groups excluding carboxylic acids is 1. The third-order valence-electron chi connectivity index (χ3n) is 3.09. The minimum atomic E-state index is 0.0544. The topological polar surface area (TPSA) is 17.1 Å². The van der Waals surface area contributed by atoms with Gasteiger partial charge in [0.2, 0.25) is 0 Å². The monoisotopic (exact) mass is 184 g/mol. The zero-order valence-electron chi connectivity index (χ0n) is 7.94. The molecule has 0 bridgehead atoms. The Morgan fingerprint density at radius 2 is 2.00 bits per heavy atom. The second-order valence-corrected chi connectivity index (χ2v) is 4.14. The van der Waals surface area contributed by atoms with Crippen molar-refractivity contribution in [1.82, 2.24) is 0 Å². The number of allylic oxidation sites excluding steroid dienone is 1. The molecule has 1 aromatic rings. The largest absolute Gasteiger partial charge is 0.298 e. The van der Waals surface area contributed by atoms with Crippen LogP contribution in [0.25, 0.3) is 6.08 Å². The van der Waals surface area contributed by atoms with Gasteiger partial charge in [0, 0.05) is 5.92 Å². The van der Waals surface area contributed by atoms with Crippen molar-refractivity contribution in [2.45, 2.75) is 18.8 Å². The summed E-state index contributed by atoms with van der Waals surface area (Å²) >= 11 is 0. The first-order chi connectivity index (χ1) is 6.86. The van der Waals surface area contributed by atoms with E-state index in [1.54, 1.807) is 0 Å². The van der Waals surface area contributed by atoms with E-state index >= 15 is 0 Å². The van der Waals surface area contributed by atoms with Crippen molar-refractivity contribution in [3.05, 3.63) is 41.5 Å². The molecule has 0 saturated heterocycles. The number of rotatable bonds is 2. The van der Waals surface area contributed by atoms with Gasteiger partial charge in [-0.1, -0.05) is 36.4 Å². The minimum Gasteiger partial charge on any atom is -0.298 e. The predicted molar refractivity (Wildman–Crippen MR) is 55.9 cm³/mol. The lowest BCUT2D eigenvalue weighted by atomic mass is 9.94. The summed E-state index contributed by atoms with van der Waals surface area (Å²) < 4.78 is 0. The van der Waals surface area contributed by atoms with E-state index in [-0.39, 0.29) is 5.92 Å². The van der Waals surface area contributed by atoms with E-state index in [4.69, 9.17) is 0 Å². The van der Waals surface area contributed by atoms with Crippen LogP contribution in [-0.2, 0) is 4.79 Å². The van der Waals surface area contributed by atoms with Crippen molar-refractivity contribution in [2.75, 3.05) is 0 Å². The molecule has 1 unspecified atom stereocenters. The number of fused-ring (bicyclic) bond motifs is 1. The molecule has 0 aromatic heterocycles. The molecular formula is C13H12O. The molecule has 70 valence electrons. The molecule has 1 saturated carbocycles. The number of benzene rings is 1. The SMILES string of the molecule is O=C(C1CC1)C1C=Cc2ccccc21. The number of hydrogen-bond acceptors (Lipinski definition) is 1. The number of Topliss-reactive ketones (excluding diaryl/α,β-unsaturated/α-hetero) is 1. The Morgan fingerprint density at radius 3 is 2.79 bits per heavy atom. The summed E-state index contributed by atoms with van der Waals surface area (Å²) in [6.07, 6.45) is 6.32. The minimum absolute atomic E-state index is 0.0544. The fourth-order valence-electron chi connectivity index (χ4n) is 2.12. The number of carbonyl (C=O) groups is 1. The molecule has 0 spiro atoms. The van der Waals surface area contributed by atoms with Crippen LogP contribution >= 0.6 is 0 Å². The van der Waals surface area contributed by atoms with Gasteiger partial charge in [-0.15, -0.1) is 0 Å². The van der Waals surface area contributed by atoms with Gasteiger partial charge in [-0.25, -0.2) is 0 Å². The summed E-state index contributed by atoms with van der Waals surface area (Å²) in [6.45, 7) is 0. The fourth-order valence-corrected chi connectivity index (χ4v) is 2.12. The zero-order chi connectivity index (χ0) is 9.54. The second-order valence-electron chi connectivity index (χ2n) is 4.14. The quantitative estimate of drug-likeness (QED) is 0.690. The molecule has 2 aliphatic carbocycles. The van der Waals surface area contributed by atoms with Gasteiger partial charge in [0.1, 0.15) is 5.78 Å². The van der Waals surface area contributed by atoms with E-state index in [9.17, 15) is 4.79 Å². The van der Waals surface area contributed by atoms with Crippen molar-refractivity contribution >= 4 is 11.9 Å². The Kier molecular flexibility index (Phi) is 1.60. The van der Waals surface area contributed by atoms with Gasteiger partial charge in [-0.3, -0.25) is 4.79 Å². The summed E-state index contributed by atoms with van der Waals surface area (Å²) in [5.41, 5.74) is 2.41. The molecule has 0 heterocycles. The van der Waals surface area contributed by atoms with Gasteiger partial charge in [0.25, 0.3) is 0 Å². The highest BCUT2D eigenvalue weighted by molar-refractivity contribution is 5.94. The number of hydrogen-bond donors (Lipinski definition) is 0. The Balaban J connectivity index is 1.97. The normalized spacial score (nSPS) is 23.6. The van der Waals surface area contributed by atoms with Crippen molar-refractivity contribution < 1.29 is 4.79 Å². The van der Waals surface area contributed by atoms with Crippen molar-refractivity contribution in [2.24, 2.45) is 5.92 Å². The third-order valence-corrected chi connectivity index (χ3v) is 3.09. The zero-order valence-corrected chi connectivity index (χ0v) is 7.94. The lowest BCUT2D eigenvalue weighted by molar-refractivity contribution is -0.120.